The zero-order valence-corrected chi connectivity index (χ0v) is 32.4. The van der Waals surface area contributed by atoms with E-state index in [0.29, 0.717) is 66.4 Å². The summed E-state index contributed by atoms with van der Waals surface area (Å²) in [5.41, 5.74) is 3.86. The maximum absolute atomic E-state index is 14.2. The molecule has 0 aliphatic carbocycles. The molecule has 0 bridgehead atoms. The van der Waals surface area contributed by atoms with Gasteiger partial charge in [-0.2, -0.15) is 0 Å². The van der Waals surface area contributed by atoms with Crippen LogP contribution in [0.3, 0.4) is 0 Å². The first-order chi connectivity index (χ1) is 25.6. The highest BCUT2D eigenvalue weighted by Gasteiger charge is 2.30. The molecule has 1 fully saturated rings. The molecule has 0 unspecified atom stereocenters. The molecule has 2 aliphatic rings. The third kappa shape index (κ3) is 7.77. The molecule has 2 aromatic carbocycles. The first kappa shape index (κ1) is 36.9. The number of aryl methyl sites for hydroxylation is 1. The van der Waals surface area contributed by atoms with Gasteiger partial charge in [-0.15, -0.1) is 0 Å². The molecule has 13 heteroatoms. The van der Waals surface area contributed by atoms with Crippen LogP contribution in [-0.2, 0) is 27.7 Å². The van der Waals surface area contributed by atoms with Crippen LogP contribution >= 0.6 is 0 Å². The van der Waals surface area contributed by atoms with E-state index in [9.17, 15) is 18.0 Å². The van der Waals surface area contributed by atoms with E-state index in [2.05, 4.69) is 29.1 Å². The Bertz CT molecular complexity index is 2340. The lowest BCUT2D eigenvalue weighted by atomic mass is 9.83. The molecule has 1 saturated heterocycles. The number of benzene rings is 2. The van der Waals surface area contributed by atoms with Crippen molar-refractivity contribution < 1.29 is 27.5 Å². The van der Waals surface area contributed by atoms with Crippen LogP contribution in [0.25, 0.3) is 22.2 Å². The Morgan fingerprint density at radius 3 is 2.31 bits per heavy atom. The molecule has 12 nitrogen and oxygen atoms in total. The predicted octanol–water partition coefficient (Wildman–Crippen LogP) is 8.38. The van der Waals surface area contributed by atoms with Gasteiger partial charge in [-0.1, -0.05) is 37.6 Å². The zero-order valence-electron chi connectivity index (χ0n) is 31.5. The Hall–Kier alpha value is -5.43. The number of hydrogen-bond donors (Lipinski definition) is 1. The Kier molecular flexibility index (Phi) is 9.63. The second-order valence-corrected chi connectivity index (χ2v) is 17.7. The number of urea groups is 1. The van der Waals surface area contributed by atoms with Gasteiger partial charge in [0.2, 0.25) is 0 Å². The number of amides is 3. The summed E-state index contributed by atoms with van der Waals surface area (Å²) >= 11 is 0. The minimum absolute atomic E-state index is 0.112. The number of nitrogens with zero attached hydrogens (tertiary/aromatic N) is 5. The number of ether oxygens (including phenoxy) is 2. The van der Waals surface area contributed by atoms with Gasteiger partial charge in [0.15, 0.2) is 5.65 Å². The SMILES string of the molecule is Cc1ccc(S(=O)(=O)n2cc(-c3ccnc(NC(=O)N4CCC(C)(C)CC4)c3)c3c(Oc4ccc5c(c4)CN(C(=O)OC(C)(C)C)CC5)ccnc32)cc1. The number of nitrogens with one attached hydrogen (secondary N) is 1. The second-order valence-electron chi connectivity index (χ2n) is 15.9. The minimum atomic E-state index is -4.09. The lowest BCUT2D eigenvalue weighted by Gasteiger charge is -2.36. The fourth-order valence-electron chi connectivity index (χ4n) is 6.78. The minimum Gasteiger partial charge on any atom is -0.457 e. The maximum Gasteiger partial charge on any atom is 0.410 e. The van der Waals surface area contributed by atoms with E-state index < -0.39 is 15.6 Å². The number of carbonyl (C=O) groups is 2. The average Bonchev–Trinajstić information content (AvgIpc) is 3.53. The number of piperidine rings is 1. The third-order valence-electron chi connectivity index (χ3n) is 9.97. The molecule has 0 saturated carbocycles. The predicted molar refractivity (Wildman–Crippen MR) is 207 cm³/mol. The second kappa shape index (κ2) is 14.1. The van der Waals surface area contributed by atoms with Crippen molar-refractivity contribution in [3.63, 3.8) is 0 Å². The molecule has 0 atom stereocenters. The number of hydrogen-bond acceptors (Lipinski definition) is 8. The van der Waals surface area contributed by atoms with Gasteiger partial charge in [-0.3, -0.25) is 5.32 Å². The topological polar surface area (TPSA) is 136 Å². The van der Waals surface area contributed by atoms with E-state index in [1.54, 1.807) is 64.7 Å². The molecule has 5 aromatic rings. The highest BCUT2D eigenvalue weighted by Crippen LogP contribution is 2.40. The molecule has 0 spiro atoms. The molecule has 3 aromatic heterocycles. The molecular formula is C41H46N6O6S. The van der Waals surface area contributed by atoms with Crippen LogP contribution in [0.2, 0.25) is 0 Å². The lowest BCUT2D eigenvalue weighted by Crippen LogP contribution is -2.43. The van der Waals surface area contributed by atoms with Crippen LogP contribution in [0.5, 0.6) is 11.5 Å². The Morgan fingerprint density at radius 2 is 1.59 bits per heavy atom. The monoisotopic (exact) mass is 750 g/mol. The summed E-state index contributed by atoms with van der Waals surface area (Å²) in [6.07, 6.45) is 6.76. The van der Waals surface area contributed by atoms with E-state index in [1.807, 2.05) is 45.9 Å². The van der Waals surface area contributed by atoms with Crippen molar-refractivity contribution in [1.82, 2.24) is 23.7 Å². The first-order valence-corrected chi connectivity index (χ1v) is 19.6. The number of fused-ring (bicyclic) bond motifs is 2. The summed E-state index contributed by atoms with van der Waals surface area (Å²) in [7, 11) is -4.09. The summed E-state index contributed by atoms with van der Waals surface area (Å²) in [6.45, 7) is 14.1. The summed E-state index contributed by atoms with van der Waals surface area (Å²) in [5.74, 6) is 1.23. The van der Waals surface area contributed by atoms with Crippen LogP contribution in [0.4, 0.5) is 15.4 Å². The number of likely N-dealkylation sites (tertiary alicyclic amines) is 1. The van der Waals surface area contributed by atoms with Gasteiger partial charge in [0.25, 0.3) is 10.0 Å². The molecule has 54 heavy (non-hydrogen) atoms. The Morgan fingerprint density at radius 1 is 0.870 bits per heavy atom. The van der Waals surface area contributed by atoms with Gasteiger partial charge in [-0.05, 0) is 112 Å². The Labute approximate surface area is 316 Å². The van der Waals surface area contributed by atoms with Gasteiger partial charge >= 0.3 is 12.1 Å². The van der Waals surface area contributed by atoms with Crippen LogP contribution in [0.15, 0.2) is 84.1 Å². The zero-order chi connectivity index (χ0) is 38.4. The molecule has 2 aliphatic heterocycles. The average molecular weight is 751 g/mol. The quantitative estimate of drug-likeness (QED) is 0.183. The van der Waals surface area contributed by atoms with Crippen molar-refractivity contribution >= 4 is 39.0 Å². The molecule has 0 radical (unpaired) electrons. The highest BCUT2D eigenvalue weighted by atomic mass is 32.2. The highest BCUT2D eigenvalue weighted by molar-refractivity contribution is 7.90. The largest absolute Gasteiger partial charge is 0.457 e. The van der Waals surface area contributed by atoms with Crippen LogP contribution in [-0.4, -0.2) is 69.5 Å². The summed E-state index contributed by atoms with van der Waals surface area (Å²) < 4.78 is 41.8. The standard InChI is InChI=1S/C41H46N6O6S/c1-27-7-11-32(12-8-27)54(50,51)47-26-33(29-13-18-42-35(24-29)44-38(48)45-21-16-41(5,6)17-22-45)36-34(14-19-43-37(36)47)52-31-10-9-28-15-20-46(25-30(28)23-31)39(49)53-40(2,3)4/h7-14,18-19,23-24,26H,15-17,20-22,25H2,1-6H3,(H,42,44,48). The van der Waals surface area contributed by atoms with Gasteiger partial charge in [0.1, 0.15) is 22.9 Å². The van der Waals surface area contributed by atoms with Crippen molar-refractivity contribution in [1.29, 1.82) is 0 Å². The van der Waals surface area contributed by atoms with Crippen molar-refractivity contribution in [2.45, 2.75) is 77.8 Å². The number of anilines is 1. The van der Waals surface area contributed by atoms with E-state index >= 15 is 0 Å². The summed E-state index contributed by atoms with van der Waals surface area (Å²) in [4.78, 5) is 38.7. The fourth-order valence-corrected chi connectivity index (χ4v) is 8.10. The number of rotatable bonds is 6. The molecule has 3 amide bonds. The van der Waals surface area contributed by atoms with E-state index in [1.165, 1.54) is 10.2 Å². The fraction of sp³-hybridized carbons (Fsp3) is 0.366. The first-order valence-electron chi connectivity index (χ1n) is 18.2. The summed E-state index contributed by atoms with van der Waals surface area (Å²) in [5, 5.41) is 3.40. The lowest BCUT2D eigenvalue weighted by molar-refractivity contribution is 0.0223. The van der Waals surface area contributed by atoms with Gasteiger partial charge in [0.05, 0.1) is 10.3 Å². The summed E-state index contributed by atoms with van der Waals surface area (Å²) in [6, 6.07) is 17.4. The van der Waals surface area contributed by atoms with Gasteiger partial charge in [-0.25, -0.2) is 31.9 Å². The Balaban J connectivity index is 1.26. The van der Waals surface area contributed by atoms with Gasteiger partial charge in [0, 0.05) is 50.3 Å². The van der Waals surface area contributed by atoms with Crippen molar-refractivity contribution in [2.24, 2.45) is 5.41 Å². The van der Waals surface area contributed by atoms with Crippen molar-refractivity contribution in [2.75, 3.05) is 25.0 Å². The number of pyridine rings is 2. The van der Waals surface area contributed by atoms with Crippen molar-refractivity contribution in [3.8, 4) is 22.6 Å². The third-order valence-corrected chi connectivity index (χ3v) is 11.6. The number of aromatic nitrogens is 3. The van der Waals surface area contributed by atoms with Gasteiger partial charge < -0.3 is 19.3 Å². The molecule has 5 heterocycles. The molecule has 1 N–H and O–H groups in total. The van der Waals surface area contributed by atoms with E-state index in [0.717, 1.165) is 29.5 Å². The molecule has 7 rings (SSSR count). The normalized spacial score (nSPS) is 15.8. The van der Waals surface area contributed by atoms with Crippen LogP contribution in [0.1, 0.15) is 64.2 Å². The van der Waals surface area contributed by atoms with Crippen LogP contribution < -0.4 is 10.1 Å². The molecule has 282 valence electrons. The van der Waals surface area contributed by atoms with Crippen molar-refractivity contribution in [3.05, 3.63) is 95.9 Å². The maximum atomic E-state index is 14.2. The number of carbonyl (C=O) groups excluding carboxylic acids is 2. The van der Waals surface area contributed by atoms with E-state index in [-0.39, 0.29) is 28.1 Å². The molecular weight excluding hydrogens is 705 g/mol. The van der Waals surface area contributed by atoms with E-state index in [4.69, 9.17) is 9.47 Å². The smallest absolute Gasteiger partial charge is 0.410 e. The van der Waals surface area contributed by atoms with Crippen LogP contribution in [0, 0.1) is 12.3 Å².